The van der Waals surface area contributed by atoms with Crippen LogP contribution in [0.4, 0.5) is 5.69 Å². The summed E-state index contributed by atoms with van der Waals surface area (Å²) in [5.74, 6) is 0.875. The molecule has 0 saturated heterocycles. The largest absolute Gasteiger partial charge is 0.496 e. The van der Waals surface area contributed by atoms with Gasteiger partial charge in [0.25, 0.3) is 0 Å². The smallest absolute Gasteiger partial charge is 0.133 e. The van der Waals surface area contributed by atoms with Crippen molar-refractivity contribution >= 4 is 21.6 Å². The summed E-state index contributed by atoms with van der Waals surface area (Å²) in [6, 6.07) is 6.74. The number of methoxy groups -OCH3 is 1. The molecule has 0 bridgehead atoms. The maximum atomic E-state index is 5.28. The highest BCUT2D eigenvalue weighted by molar-refractivity contribution is 9.10. The van der Waals surface area contributed by atoms with Crippen LogP contribution in [0.2, 0.25) is 0 Å². The third kappa shape index (κ3) is 3.91. The van der Waals surface area contributed by atoms with E-state index in [1.54, 1.807) is 7.11 Å². The van der Waals surface area contributed by atoms with Gasteiger partial charge in [0, 0.05) is 11.7 Å². The Labute approximate surface area is 131 Å². The summed E-state index contributed by atoms with van der Waals surface area (Å²) >= 11 is 3.55. The van der Waals surface area contributed by atoms with Crippen LogP contribution in [0.3, 0.4) is 0 Å². The predicted molar refractivity (Wildman–Crippen MR) is 89.5 cm³/mol. The Kier molecular flexibility index (Phi) is 4.38. The summed E-state index contributed by atoms with van der Waals surface area (Å²) in [6.45, 7) is 9.53. The van der Waals surface area contributed by atoms with Crippen molar-refractivity contribution in [2.24, 2.45) is 10.8 Å². The number of nitrogens with one attached hydrogen (secondary N) is 1. The van der Waals surface area contributed by atoms with Crippen molar-refractivity contribution in [2.75, 3.05) is 12.4 Å². The summed E-state index contributed by atoms with van der Waals surface area (Å²) in [4.78, 5) is 0. The van der Waals surface area contributed by atoms with Gasteiger partial charge < -0.3 is 10.1 Å². The van der Waals surface area contributed by atoms with Gasteiger partial charge in [-0.25, -0.2) is 0 Å². The van der Waals surface area contributed by atoms with Crippen LogP contribution in [0.1, 0.15) is 47.0 Å². The van der Waals surface area contributed by atoms with E-state index < -0.39 is 0 Å². The van der Waals surface area contributed by atoms with Crippen LogP contribution in [0.25, 0.3) is 0 Å². The Hall–Kier alpha value is -0.700. The number of hydrogen-bond acceptors (Lipinski definition) is 2. The third-order valence-electron chi connectivity index (χ3n) is 4.08. The molecule has 1 aliphatic rings. The van der Waals surface area contributed by atoms with Gasteiger partial charge >= 0.3 is 0 Å². The minimum absolute atomic E-state index is 0.406. The molecule has 1 saturated carbocycles. The maximum Gasteiger partial charge on any atom is 0.133 e. The molecule has 0 aromatic heterocycles. The predicted octanol–water partition coefficient (Wildman–Crippen LogP) is 5.47. The number of benzene rings is 1. The van der Waals surface area contributed by atoms with E-state index in [1.807, 2.05) is 6.07 Å². The van der Waals surface area contributed by atoms with Crippen LogP contribution >= 0.6 is 15.9 Å². The van der Waals surface area contributed by atoms with E-state index in [1.165, 1.54) is 19.3 Å². The monoisotopic (exact) mass is 339 g/mol. The van der Waals surface area contributed by atoms with Crippen LogP contribution in [0.15, 0.2) is 22.7 Å². The summed E-state index contributed by atoms with van der Waals surface area (Å²) in [6.07, 6.45) is 3.74. The molecule has 0 aliphatic heterocycles. The highest BCUT2D eigenvalue weighted by atomic mass is 79.9. The average Bonchev–Trinajstić information content (AvgIpc) is 2.24. The van der Waals surface area contributed by atoms with Crippen LogP contribution in [-0.2, 0) is 0 Å². The molecule has 1 N–H and O–H groups in total. The Morgan fingerprint density at radius 1 is 1.15 bits per heavy atom. The highest BCUT2D eigenvalue weighted by Crippen LogP contribution is 2.46. The Morgan fingerprint density at radius 3 is 2.25 bits per heavy atom. The van der Waals surface area contributed by atoms with Crippen LogP contribution in [-0.4, -0.2) is 13.2 Å². The fourth-order valence-electron chi connectivity index (χ4n) is 3.94. The molecule has 1 aromatic carbocycles. The maximum absolute atomic E-state index is 5.28. The zero-order valence-corrected chi connectivity index (χ0v) is 14.8. The zero-order valence-electron chi connectivity index (χ0n) is 13.2. The van der Waals surface area contributed by atoms with Gasteiger partial charge in [0.15, 0.2) is 0 Å². The van der Waals surface area contributed by atoms with Crippen molar-refractivity contribution in [2.45, 2.75) is 53.0 Å². The normalized spacial score (nSPS) is 21.5. The number of rotatable bonds is 3. The Morgan fingerprint density at radius 2 is 1.75 bits per heavy atom. The average molecular weight is 340 g/mol. The van der Waals surface area contributed by atoms with Crippen molar-refractivity contribution in [3.05, 3.63) is 22.7 Å². The summed E-state index contributed by atoms with van der Waals surface area (Å²) in [5, 5.41) is 3.70. The molecule has 0 atom stereocenters. The lowest BCUT2D eigenvalue weighted by Gasteiger charge is -2.45. The summed E-state index contributed by atoms with van der Waals surface area (Å²) in [7, 11) is 1.69. The lowest BCUT2D eigenvalue weighted by molar-refractivity contribution is 0.105. The standard InChI is InChI=1S/C17H26BrNO/c1-16(2)9-13(10-17(3,4)11-16)19-12-6-7-15(20-5)14(18)8-12/h6-8,13,19H,9-11H2,1-5H3. The molecule has 0 radical (unpaired) electrons. The first kappa shape index (κ1) is 15.7. The van der Waals surface area contributed by atoms with Gasteiger partial charge in [-0.15, -0.1) is 0 Å². The van der Waals surface area contributed by atoms with E-state index in [0.717, 1.165) is 15.9 Å². The molecule has 0 heterocycles. The number of hydrogen-bond donors (Lipinski definition) is 1. The van der Waals surface area contributed by atoms with E-state index in [0.29, 0.717) is 16.9 Å². The molecule has 20 heavy (non-hydrogen) atoms. The Balaban J connectivity index is 2.11. The minimum atomic E-state index is 0.406. The molecular formula is C17H26BrNO. The van der Waals surface area contributed by atoms with E-state index in [-0.39, 0.29) is 0 Å². The molecule has 1 aromatic rings. The quantitative estimate of drug-likeness (QED) is 0.787. The SMILES string of the molecule is COc1ccc(NC2CC(C)(C)CC(C)(C)C2)cc1Br. The molecule has 0 spiro atoms. The topological polar surface area (TPSA) is 21.3 Å². The third-order valence-corrected chi connectivity index (χ3v) is 4.70. The summed E-state index contributed by atoms with van der Waals surface area (Å²) in [5.41, 5.74) is 1.97. The van der Waals surface area contributed by atoms with E-state index in [4.69, 9.17) is 4.74 Å². The van der Waals surface area contributed by atoms with Crippen LogP contribution in [0, 0.1) is 10.8 Å². The van der Waals surface area contributed by atoms with Crippen molar-refractivity contribution < 1.29 is 4.74 Å². The first-order chi connectivity index (χ1) is 9.21. The lowest BCUT2D eigenvalue weighted by atomic mass is 9.63. The van der Waals surface area contributed by atoms with Crippen molar-refractivity contribution in [1.29, 1.82) is 0 Å². The van der Waals surface area contributed by atoms with Gasteiger partial charge in [0.05, 0.1) is 11.6 Å². The minimum Gasteiger partial charge on any atom is -0.496 e. The fourth-order valence-corrected chi connectivity index (χ4v) is 4.48. The molecule has 2 rings (SSSR count). The first-order valence-electron chi connectivity index (χ1n) is 7.31. The van der Waals surface area contributed by atoms with Crippen LogP contribution < -0.4 is 10.1 Å². The molecule has 3 heteroatoms. The van der Waals surface area contributed by atoms with E-state index in [9.17, 15) is 0 Å². The van der Waals surface area contributed by atoms with E-state index in [2.05, 4.69) is 61.1 Å². The van der Waals surface area contributed by atoms with Crippen molar-refractivity contribution in [3.63, 3.8) is 0 Å². The number of halogens is 1. The van der Waals surface area contributed by atoms with Gasteiger partial charge in [0.2, 0.25) is 0 Å². The van der Waals surface area contributed by atoms with Gasteiger partial charge in [-0.2, -0.15) is 0 Å². The molecule has 112 valence electrons. The molecule has 2 nitrogen and oxygen atoms in total. The van der Waals surface area contributed by atoms with Gasteiger partial charge in [-0.3, -0.25) is 0 Å². The van der Waals surface area contributed by atoms with Crippen LogP contribution in [0.5, 0.6) is 5.75 Å². The zero-order chi connectivity index (χ0) is 15.0. The van der Waals surface area contributed by atoms with Gasteiger partial charge in [-0.05, 0) is 64.2 Å². The molecule has 0 amide bonds. The Bertz CT molecular complexity index is 466. The highest BCUT2D eigenvalue weighted by Gasteiger charge is 2.38. The van der Waals surface area contributed by atoms with Crippen molar-refractivity contribution in [3.8, 4) is 5.75 Å². The van der Waals surface area contributed by atoms with Gasteiger partial charge in [-0.1, -0.05) is 27.7 Å². The number of anilines is 1. The lowest BCUT2D eigenvalue weighted by Crippen LogP contribution is -2.40. The molecular weight excluding hydrogens is 314 g/mol. The van der Waals surface area contributed by atoms with Gasteiger partial charge in [0.1, 0.15) is 5.75 Å². The second-order valence-electron chi connectivity index (χ2n) is 7.60. The van der Waals surface area contributed by atoms with Crippen molar-refractivity contribution in [1.82, 2.24) is 0 Å². The van der Waals surface area contributed by atoms with E-state index >= 15 is 0 Å². The summed E-state index contributed by atoms with van der Waals surface area (Å²) < 4.78 is 6.28. The number of ether oxygens (including phenoxy) is 1. The second kappa shape index (κ2) is 5.59. The molecule has 0 unspecified atom stereocenters. The first-order valence-corrected chi connectivity index (χ1v) is 8.10. The second-order valence-corrected chi connectivity index (χ2v) is 8.46. The molecule has 1 aliphatic carbocycles. The fraction of sp³-hybridized carbons (Fsp3) is 0.647. The molecule has 1 fully saturated rings.